The molecule has 0 spiro atoms. The fourth-order valence-corrected chi connectivity index (χ4v) is 8.35. The molecular weight excluding hydrogens is 693 g/mol. The van der Waals surface area contributed by atoms with E-state index in [2.05, 4.69) is 205 Å². The topological polar surface area (TPSA) is 41.9 Å². The van der Waals surface area contributed by atoms with Crippen LogP contribution in [0, 0.1) is 0 Å². The van der Waals surface area contributed by atoms with Crippen molar-refractivity contribution in [3.63, 3.8) is 0 Å². The standard InChI is InChI=1S/C53H34N4/c1-4-16-36(17-5-1)46-33-30-37-27-28-38-31-34-47(55-51(38)50(37)54-46)42-23-12-13-24-43(42)52-45-32-29-35-15-10-11-22-41(35)49(45)44-25-14-26-48(53(44)56-52)57(39-18-6-2-7-19-39)40-20-8-3-9-21-40/h1-34H. The lowest BCUT2D eigenvalue weighted by molar-refractivity contribution is 1.28. The van der Waals surface area contributed by atoms with Gasteiger partial charge in [0.05, 0.1) is 39.3 Å². The Kier molecular flexibility index (Phi) is 7.78. The van der Waals surface area contributed by atoms with Gasteiger partial charge in [-0.3, -0.25) is 0 Å². The van der Waals surface area contributed by atoms with E-state index in [1.807, 2.05) is 6.07 Å². The molecule has 4 nitrogen and oxygen atoms in total. The minimum Gasteiger partial charge on any atom is -0.308 e. The van der Waals surface area contributed by atoms with Crippen LogP contribution in [0.3, 0.4) is 0 Å². The van der Waals surface area contributed by atoms with Crippen LogP contribution in [-0.2, 0) is 0 Å². The summed E-state index contributed by atoms with van der Waals surface area (Å²) in [5.74, 6) is 0. The molecule has 0 amide bonds. The van der Waals surface area contributed by atoms with Crippen molar-refractivity contribution in [2.75, 3.05) is 4.90 Å². The van der Waals surface area contributed by atoms with Gasteiger partial charge in [-0.05, 0) is 53.2 Å². The molecule has 8 aromatic carbocycles. The van der Waals surface area contributed by atoms with Crippen molar-refractivity contribution in [3.8, 4) is 33.8 Å². The van der Waals surface area contributed by atoms with Crippen molar-refractivity contribution < 1.29 is 0 Å². The Bertz CT molecular complexity index is 3250. The first-order valence-electron chi connectivity index (χ1n) is 19.3. The van der Waals surface area contributed by atoms with Crippen LogP contribution < -0.4 is 4.90 Å². The molecule has 0 atom stereocenters. The molecule has 0 bridgehead atoms. The highest BCUT2D eigenvalue weighted by molar-refractivity contribution is 6.24. The van der Waals surface area contributed by atoms with Gasteiger partial charge in [-0.1, -0.05) is 164 Å². The summed E-state index contributed by atoms with van der Waals surface area (Å²) < 4.78 is 0. The van der Waals surface area contributed by atoms with E-state index in [0.717, 1.165) is 88.9 Å². The molecule has 266 valence electrons. The number of fused-ring (bicyclic) bond motifs is 8. The maximum Gasteiger partial charge on any atom is 0.0972 e. The van der Waals surface area contributed by atoms with E-state index in [9.17, 15) is 0 Å². The Hall–Kier alpha value is -7.69. The summed E-state index contributed by atoms with van der Waals surface area (Å²) in [5, 5.41) is 7.87. The van der Waals surface area contributed by atoms with Crippen molar-refractivity contribution in [3.05, 3.63) is 206 Å². The number of rotatable bonds is 6. The summed E-state index contributed by atoms with van der Waals surface area (Å²) >= 11 is 0. The largest absolute Gasteiger partial charge is 0.308 e. The first kappa shape index (κ1) is 32.7. The fourth-order valence-electron chi connectivity index (χ4n) is 8.35. The molecule has 0 saturated heterocycles. The van der Waals surface area contributed by atoms with Crippen LogP contribution in [0.25, 0.3) is 88.0 Å². The first-order valence-corrected chi connectivity index (χ1v) is 19.3. The van der Waals surface area contributed by atoms with E-state index in [4.69, 9.17) is 15.0 Å². The second kappa shape index (κ2) is 13.6. The Morgan fingerprint density at radius 2 is 0.860 bits per heavy atom. The van der Waals surface area contributed by atoms with Crippen molar-refractivity contribution >= 4 is 71.3 Å². The van der Waals surface area contributed by atoms with Gasteiger partial charge < -0.3 is 4.90 Å². The van der Waals surface area contributed by atoms with Gasteiger partial charge in [0.15, 0.2) is 0 Å². The van der Waals surface area contributed by atoms with Crippen LogP contribution in [0.2, 0.25) is 0 Å². The highest BCUT2D eigenvalue weighted by Gasteiger charge is 2.22. The zero-order valence-corrected chi connectivity index (χ0v) is 30.9. The third-order valence-electron chi connectivity index (χ3n) is 11.0. The van der Waals surface area contributed by atoms with Crippen molar-refractivity contribution in [2.24, 2.45) is 0 Å². The molecule has 0 unspecified atom stereocenters. The molecule has 57 heavy (non-hydrogen) atoms. The Morgan fingerprint density at radius 1 is 0.316 bits per heavy atom. The quantitative estimate of drug-likeness (QED) is 0.160. The summed E-state index contributed by atoms with van der Waals surface area (Å²) in [6.07, 6.45) is 0. The van der Waals surface area contributed by atoms with E-state index in [1.165, 1.54) is 16.2 Å². The van der Waals surface area contributed by atoms with Gasteiger partial charge in [-0.25, -0.2) is 15.0 Å². The molecule has 0 aliphatic carbocycles. The van der Waals surface area contributed by atoms with Crippen LogP contribution >= 0.6 is 0 Å². The molecule has 11 rings (SSSR count). The monoisotopic (exact) mass is 726 g/mol. The Balaban J connectivity index is 1.19. The van der Waals surface area contributed by atoms with Crippen LogP contribution in [0.4, 0.5) is 17.1 Å². The van der Waals surface area contributed by atoms with Crippen LogP contribution in [-0.4, -0.2) is 15.0 Å². The third kappa shape index (κ3) is 5.58. The normalized spacial score (nSPS) is 11.5. The molecule has 4 heteroatoms. The molecule has 0 aliphatic rings. The lowest BCUT2D eigenvalue weighted by Gasteiger charge is -2.27. The van der Waals surface area contributed by atoms with Crippen molar-refractivity contribution in [2.45, 2.75) is 0 Å². The van der Waals surface area contributed by atoms with Crippen LogP contribution in [0.5, 0.6) is 0 Å². The number of nitrogens with zero attached hydrogens (tertiary/aromatic N) is 4. The van der Waals surface area contributed by atoms with Gasteiger partial charge in [-0.15, -0.1) is 0 Å². The second-order valence-electron chi connectivity index (χ2n) is 14.4. The van der Waals surface area contributed by atoms with Gasteiger partial charge in [0, 0.05) is 55.0 Å². The van der Waals surface area contributed by atoms with Gasteiger partial charge in [0.2, 0.25) is 0 Å². The average molecular weight is 727 g/mol. The Labute approximate surface area is 330 Å². The molecule has 3 heterocycles. The summed E-state index contributed by atoms with van der Waals surface area (Å²) in [4.78, 5) is 18.6. The van der Waals surface area contributed by atoms with Crippen molar-refractivity contribution in [1.29, 1.82) is 0 Å². The highest BCUT2D eigenvalue weighted by Crippen LogP contribution is 2.45. The molecule has 0 aliphatic heterocycles. The predicted molar refractivity (Wildman–Crippen MR) is 238 cm³/mol. The van der Waals surface area contributed by atoms with E-state index >= 15 is 0 Å². The predicted octanol–water partition coefficient (Wildman–Crippen LogP) is 14.1. The van der Waals surface area contributed by atoms with Gasteiger partial charge >= 0.3 is 0 Å². The number of aromatic nitrogens is 3. The minimum absolute atomic E-state index is 0.872. The number of anilines is 3. The van der Waals surface area contributed by atoms with E-state index < -0.39 is 0 Å². The summed E-state index contributed by atoms with van der Waals surface area (Å²) in [6.45, 7) is 0. The SMILES string of the molecule is c1ccc(-c2ccc3ccc4ccc(-c5ccccc5-c5nc6c(N(c7ccccc7)c7ccccc7)cccc6c6c5ccc5ccccc56)nc4c3n2)cc1. The third-order valence-corrected chi connectivity index (χ3v) is 11.0. The summed E-state index contributed by atoms with van der Waals surface area (Å²) in [6, 6.07) is 72.5. The summed E-state index contributed by atoms with van der Waals surface area (Å²) in [5.41, 5.74) is 11.7. The van der Waals surface area contributed by atoms with Crippen LogP contribution in [0.15, 0.2) is 206 Å². The fraction of sp³-hybridized carbons (Fsp3) is 0. The maximum atomic E-state index is 5.71. The van der Waals surface area contributed by atoms with Crippen LogP contribution in [0.1, 0.15) is 0 Å². The molecule has 11 aromatic rings. The van der Waals surface area contributed by atoms with Gasteiger partial charge in [0.1, 0.15) is 0 Å². The molecule has 3 aromatic heterocycles. The molecule has 0 fully saturated rings. The zero-order valence-electron chi connectivity index (χ0n) is 30.9. The van der Waals surface area contributed by atoms with Gasteiger partial charge in [-0.2, -0.15) is 0 Å². The number of benzene rings is 8. The lowest BCUT2D eigenvalue weighted by atomic mass is 9.92. The molecule has 0 N–H and O–H groups in total. The Morgan fingerprint density at radius 3 is 1.58 bits per heavy atom. The smallest absolute Gasteiger partial charge is 0.0972 e. The van der Waals surface area contributed by atoms with E-state index in [1.54, 1.807) is 0 Å². The first-order chi connectivity index (χ1) is 28.3. The maximum absolute atomic E-state index is 5.71. The average Bonchev–Trinajstić information content (AvgIpc) is 3.29. The van der Waals surface area contributed by atoms with Crippen molar-refractivity contribution in [1.82, 2.24) is 15.0 Å². The number of hydrogen-bond acceptors (Lipinski definition) is 4. The second-order valence-corrected chi connectivity index (χ2v) is 14.4. The van der Waals surface area contributed by atoms with E-state index in [-0.39, 0.29) is 0 Å². The molecule has 0 saturated carbocycles. The zero-order chi connectivity index (χ0) is 37.7. The molecular formula is C53H34N4. The van der Waals surface area contributed by atoms with Gasteiger partial charge in [0.25, 0.3) is 0 Å². The molecule has 0 radical (unpaired) electrons. The minimum atomic E-state index is 0.872. The number of hydrogen-bond donors (Lipinski definition) is 0. The number of para-hydroxylation sites is 3. The summed E-state index contributed by atoms with van der Waals surface area (Å²) in [7, 11) is 0. The highest BCUT2D eigenvalue weighted by atomic mass is 15.1. The number of pyridine rings is 3. The van der Waals surface area contributed by atoms with E-state index in [0.29, 0.717) is 0 Å². The lowest BCUT2D eigenvalue weighted by Crippen LogP contribution is -2.11.